The number of urea groups is 1. The number of carbonyl (C=O) groups excluding carboxylic acids is 1. The van der Waals surface area contributed by atoms with Gasteiger partial charge < -0.3 is 24.8 Å². The molecular weight excluding hydrogens is 322 g/mol. The van der Waals surface area contributed by atoms with Gasteiger partial charge in [-0.2, -0.15) is 8.78 Å². The van der Waals surface area contributed by atoms with Crippen molar-refractivity contribution in [1.82, 2.24) is 5.32 Å². The molecular formula is C16H14F2N2O4. The summed E-state index contributed by atoms with van der Waals surface area (Å²) in [6.45, 7) is -2.56. The fourth-order valence-corrected chi connectivity index (χ4v) is 2.17. The van der Waals surface area contributed by atoms with Crippen LogP contribution >= 0.6 is 0 Å². The number of nitrogens with one attached hydrogen (secondary N) is 2. The first-order valence-electron chi connectivity index (χ1n) is 7.09. The minimum absolute atomic E-state index is 0.106. The van der Waals surface area contributed by atoms with E-state index in [-0.39, 0.29) is 24.8 Å². The Morgan fingerprint density at radius 2 is 1.96 bits per heavy atom. The first kappa shape index (κ1) is 15.9. The number of hydrogen-bond donors (Lipinski definition) is 2. The third-order valence-electron chi connectivity index (χ3n) is 3.24. The number of benzene rings is 2. The van der Waals surface area contributed by atoms with Crippen LogP contribution in [-0.4, -0.2) is 19.4 Å². The zero-order valence-electron chi connectivity index (χ0n) is 12.4. The highest BCUT2D eigenvalue weighted by atomic mass is 19.3. The van der Waals surface area contributed by atoms with Gasteiger partial charge in [-0.1, -0.05) is 18.2 Å². The maximum Gasteiger partial charge on any atom is 0.387 e. The van der Waals surface area contributed by atoms with Gasteiger partial charge in [-0.15, -0.1) is 0 Å². The number of alkyl halides is 2. The topological polar surface area (TPSA) is 68.8 Å². The van der Waals surface area contributed by atoms with E-state index in [2.05, 4.69) is 15.4 Å². The van der Waals surface area contributed by atoms with Crippen LogP contribution in [0.1, 0.15) is 5.56 Å². The number of hydrogen-bond acceptors (Lipinski definition) is 4. The molecule has 8 heteroatoms. The number of para-hydroxylation sites is 2. The highest BCUT2D eigenvalue weighted by Gasteiger charge is 2.14. The van der Waals surface area contributed by atoms with Crippen LogP contribution in [0, 0.1) is 0 Å². The first-order chi connectivity index (χ1) is 11.6. The van der Waals surface area contributed by atoms with Gasteiger partial charge in [0.2, 0.25) is 6.79 Å². The molecule has 6 nitrogen and oxygen atoms in total. The molecule has 2 N–H and O–H groups in total. The van der Waals surface area contributed by atoms with Crippen molar-refractivity contribution in [2.75, 3.05) is 12.1 Å². The molecule has 0 fully saturated rings. The lowest BCUT2D eigenvalue weighted by Crippen LogP contribution is -2.28. The van der Waals surface area contributed by atoms with Gasteiger partial charge in [-0.3, -0.25) is 0 Å². The molecule has 0 spiro atoms. The quantitative estimate of drug-likeness (QED) is 0.879. The summed E-state index contributed by atoms with van der Waals surface area (Å²) < 4.78 is 39.5. The van der Waals surface area contributed by atoms with Crippen molar-refractivity contribution < 1.29 is 27.8 Å². The fourth-order valence-electron chi connectivity index (χ4n) is 2.17. The summed E-state index contributed by atoms with van der Waals surface area (Å²) in [7, 11) is 0. The summed E-state index contributed by atoms with van der Waals surface area (Å²) in [6, 6.07) is 10.7. The van der Waals surface area contributed by atoms with E-state index in [1.165, 1.54) is 18.2 Å². The molecule has 3 rings (SSSR count). The highest BCUT2D eigenvalue weighted by molar-refractivity contribution is 5.90. The molecule has 2 aromatic carbocycles. The van der Waals surface area contributed by atoms with Crippen molar-refractivity contribution in [2.45, 2.75) is 13.2 Å². The molecule has 0 unspecified atom stereocenters. The third kappa shape index (κ3) is 3.83. The van der Waals surface area contributed by atoms with Gasteiger partial charge in [-0.25, -0.2) is 4.79 Å². The van der Waals surface area contributed by atoms with E-state index in [1.54, 1.807) is 24.3 Å². The molecule has 0 bridgehead atoms. The Balaban J connectivity index is 1.58. The Morgan fingerprint density at radius 3 is 2.79 bits per heavy atom. The minimum atomic E-state index is -2.97. The Morgan fingerprint density at radius 1 is 1.17 bits per heavy atom. The van der Waals surface area contributed by atoms with Crippen molar-refractivity contribution >= 4 is 11.7 Å². The number of amides is 2. The second kappa shape index (κ2) is 7.03. The molecule has 24 heavy (non-hydrogen) atoms. The molecule has 0 aliphatic carbocycles. The number of halogens is 2. The Bertz CT molecular complexity index is 740. The Hall–Kier alpha value is -3.03. The first-order valence-corrected chi connectivity index (χ1v) is 7.09. The highest BCUT2D eigenvalue weighted by Crippen LogP contribution is 2.32. The molecule has 0 radical (unpaired) electrons. The molecule has 0 atom stereocenters. The molecule has 2 aromatic rings. The van der Waals surface area contributed by atoms with E-state index in [0.29, 0.717) is 11.5 Å². The van der Waals surface area contributed by atoms with Crippen molar-refractivity contribution in [3.05, 3.63) is 48.0 Å². The molecule has 1 aliphatic rings. The maximum atomic E-state index is 12.3. The molecule has 0 aromatic heterocycles. The van der Waals surface area contributed by atoms with Crippen molar-refractivity contribution in [1.29, 1.82) is 0 Å². The molecule has 1 heterocycles. The predicted octanol–water partition coefficient (Wildman–Crippen LogP) is 3.34. The Labute approximate surface area is 136 Å². The van der Waals surface area contributed by atoms with E-state index in [9.17, 15) is 13.6 Å². The fraction of sp³-hybridized carbons (Fsp3) is 0.188. The van der Waals surface area contributed by atoms with E-state index in [0.717, 1.165) is 5.56 Å². The van der Waals surface area contributed by atoms with E-state index < -0.39 is 12.6 Å². The summed E-state index contributed by atoms with van der Waals surface area (Å²) in [5, 5.41) is 5.10. The lowest BCUT2D eigenvalue weighted by Gasteiger charge is -2.12. The third-order valence-corrected chi connectivity index (χ3v) is 3.24. The number of anilines is 1. The van der Waals surface area contributed by atoms with Crippen LogP contribution in [0.2, 0.25) is 0 Å². The summed E-state index contributed by atoms with van der Waals surface area (Å²) in [4.78, 5) is 11.9. The summed E-state index contributed by atoms with van der Waals surface area (Å²) >= 11 is 0. The number of fused-ring (bicyclic) bond motifs is 1. The van der Waals surface area contributed by atoms with Crippen molar-refractivity contribution in [3.63, 3.8) is 0 Å². The number of carbonyl (C=O) groups is 1. The van der Waals surface area contributed by atoms with Gasteiger partial charge in [-0.05, 0) is 29.8 Å². The smallest absolute Gasteiger partial charge is 0.387 e. The van der Waals surface area contributed by atoms with Crippen LogP contribution in [0.15, 0.2) is 42.5 Å². The molecule has 2 amide bonds. The van der Waals surface area contributed by atoms with Gasteiger partial charge in [0.15, 0.2) is 11.5 Å². The van der Waals surface area contributed by atoms with Crippen LogP contribution in [0.5, 0.6) is 17.2 Å². The van der Waals surface area contributed by atoms with Crippen LogP contribution in [0.4, 0.5) is 19.3 Å². The zero-order chi connectivity index (χ0) is 16.9. The van der Waals surface area contributed by atoms with Crippen LogP contribution in [0.25, 0.3) is 0 Å². The van der Waals surface area contributed by atoms with Crippen LogP contribution in [-0.2, 0) is 6.54 Å². The normalized spacial score (nSPS) is 12.1. The minimum Gasteiger partial charge on any atom is -0.454 e. The standard InChI is InChI=1S/C16H14F2N2O4/c17-15(18)24-12-4-2-1-3-11(12)20-16(21)19-8-10-5-6-13-14(7-10)23-9-22-13/h1-7,15H,8-9H2,(H2,19,20,21). The van der Waals surface area contributed by atoms with Crippen LogP contribution in [0.3, 0.4) is 0 Å². The van der Waals surface area contributed by atoms with E-state index in [4.69, 9.17) is 9.47 Å². The van der Waals surface area contributed by atoms with E-state index in [1.807, 2.05) is 0 Å². The van der Waals surface area contributed by atoms with Gasteiger partial charge in [0.05, 0.1) is 5.69 Å². The summed E-state index contributed by atoms with van der Waals surface area (Å²) in [5.74, 6) is 1.16. The monoisotopic (exact) mass is 336 g/mol. The lowest BCUT2D eigenvalue weighted by molar-refractivity contribution is -0.0493. The maximum absolute atomic E-state index is 12.3. The second-order valence-corrected chi connectivity index (χ2v) is 4.87. The lowest BCUT2D eigenvalue weighted by atomic mass is 10.2. The van der Waals surface area contributed by atoms with Gasteiger partial charge in [0, 0.05) is 6.54 Å². The molecule has 1 aliphatic heterocycles. The van der Waals surface area contributed by atoms with Gasteiger partial charge in [0.1, 0.15) is 5.75 Å². The van der Waals surface area contributed by atoms with Crippen molar-refractivity contribution in [3.8, 4) is 17.2 Å². The van der Waals surface area contributed by atoms with Crippen LogP contribution < -0.4 is 24.8 Å². The molecule has 126 valence electrons. The summed E-state index contributed by atoms with van der Waals surface area (Å²) in [6.07, 6.45) is 0. The van der Waals surface area contributed by atoms with Gasteiger partial charge >= 0.3 is 12.6 Å². The molecule has 0 saturated carbocycles. The number of rotatable bonds is 5. The Kier molecular flexibility index (Phi) is 4.64. The number of ether oxygens (including phenoxy) is 3. The average Bonchev–Trinajstić information content (AvgIpc) is 3.02. The van der Waals surface area contributed by atoms with E-state index >= 15 is 0 Å². The SMILES string of the molecule is O=C(NCc1ccc2c(c1)OCO2)Nc1ccccc1OC(F)F. The second-order valence-electron chi connectivity index (χ2n) is 4.87. The van der Waals surface area contributed by atoms with Gasteiger partial charge in [0.25, 0.3) is 0 Å². The zero-order valence-corrected chi connectivity index (χ0v) is 12.4. The largest absolute Gasteiger partial charge is 0.454 e. The predicted molar refractivity (Wildman–Crippen MR) is 81.5 cm³/mol. The average molecular weight is 336 g/mol. The summed E-state index contributed by atoms with van der Waals surface area (Å²) in [5.41, 5.74) is 0.965. The van der Waals surface area contributed by atoms with Crippen molar-refractivity contribution in [2.24, 2.45) is 0 Å². The molecule has 0 saturated heterocycles.